The van der Waals surface area contributed by atoms with E-state index in [4.69, 9.17) is 16.3 Å². The van der Waals surface area contributed by atoms with Gasteiger partial charge < -0.3 is 36.3 Å². The van der Waals surface area contributed by atoms with Gasteiger partial charge in [0.2, 0.25) is 0 Å². The molecule has 5 atom stereocenters. The summed E-state index contributed by atoms with van der Waals surface area (Å²) in [5.41, 5.74) is 9.85. The van der Waals surface area contributed by atoms with Crippen LogP contribution in [0.1, 0.15) is 17.2 Å². The van der Waals surface area contributed by atoms with Crippen LogP contribution in [0, 0.1) is 0 Å². The minimum atomic E-state index is -1.40. The van der Waals surface area contributed by atoms with Crippen LogP contribution in [0.5, 0.6) is 0 Å². The molecule has 0 amide bonds. The fraction of sp³-hybridized carbons (Fsp3) is 0.429. The summed E-state index contributed by atoms with van der Waals surface area (Å²) in [5, 5.41) is 38.8. The Labute approximate surface area is 127 Å². The SMILES string of the molecule is NN/C=C(\N)c1ccc([C@H]2OC(CO)[C@@H](O)C(O)C2O)cc1. The quantitative estimate of drug-likeness (QED) is 0.247. The van der Waals surface area contributed by atoms with Crippen molar-refractivity contribution in [3.05, 3.63) is 41.6 Å². The zero-order valence-corrected chi connectivity index (χ0v) is 11.8. The summed E-state index contributed by atoms with van der Waals surface area (Å²) < 4.78 is 5.48. The average Bonchev–Trinajstić information content (AvgIpc) is 2.53. The molecule has 0 spiro atoms. The first-order valence-electron chi connectivity index (χ1n) is 6.82. The lowest BCUT2D eigenvalue weighted by Gasteiger charge is -2.40. The normalized spacial score (nSPS) is 32.8. The fourth-order valence-corrected chi connectivity index (χ4v) is 2.42. The molecule has 8 heteroatoms. The molecule has 0 aliphatic carbocycles. The molecule has 1 aromatic carbocycles. The van der Waals surface area contributed by atoms with Crippen LogP contribution in [0.4, 0.5) is 0 Å². The maximum absolute atomic E-state index is 10.1. The van der Waals surface area contributed by atoms with Gasteiger partial charge in [-0.3, -0.25) is 5.84 Å². The maximum Gasteiger partial charge on any atom is 0.113 e. The molecule has 0 radical (unpaired) electrons. The molecular formula is C14H21N3O5. The third-order valence-corrected chi connectivity index (χ3v) is 3.70. The van der Waals surface area contributed by atoms with Gasteiger partial charge in [-0.2, -0.15) is 0 Å². The Morgan fingerprint density at radius 2 is 1.77 bits per heavy atom. The van der Waals surface area contributed by atoms with Crippen LogP contribution in [-0.4, -0.2) is 51.4 Å². The van der Waals surface area contributed by atoms with Crippen molar-refractivity contribution in [1.29, 1.82) is 0 Å². The van der Waals surface area contributed by atoms with Gasteiger partial charge in [0.25, 0.3) is 0 Å². The summed E-state index contributed by atoms with van der Waals surface area (Å²) in [7, 11) is 0. The van der Waals surface area contributed by atoms with E-state index in [1.54, 1.807) is 24.3 Å². The number of aliphatic hydroxyl groups excluding tert-OH is 4. The minimum Gasteiger partial charge on any atom is -0.397 e. The fourth-order valence-electron chi connectivity index (χ4n) is 2.42. The Morgan fingerprint density at radius 3 is 2.32 bits per heavy atom. The number of benzene rings is 1. The smallest absolute Gasteiger partial charge is 0.113 e. The number of hydrogen-bond donors (Lipinski definition) is 7. The Morgan fingerprint density at radius 1 is 1.14 bits per heavy atom. The summed E-state index contributed by atoms with van der Waals surface area (Å²) in [4.78, 5) is 0. The van der Waals surface area contributed by atoms with Gasteiger partial charge in [0, 0.05) is 6.20 Å². The monoisotopic (exact) mass is 311 g/mol. The highest BCUT2D eigenvalue weighted by atomic mass is 16.5. The summed E-state index contributed by atoms with van der Waals surface area (Å²) >= 11 is 0. The molecule has 1 aromatic rings. The van der Waals surface area contributed by atoms with E-state index in [0.717, 1.165) is 0 Å². The van der Waals surface area contributed by atoms with Crippen molar-refractivity contribution >= 4 is 5.70 Å². The number of nitrogens with two attached hydrogens (primary N) is 2. The van der Waals surface area contributed by atoms with Crippen molar-refractivity contribution < 1.29 is 25.2 Å². The van der Waals surface area contributed by atoms with E-state index in [1.807, 2.05) is 0 Å². The van der Waals surface area contributed by atoms with Crippen molar-refractivity contribution in [1.82, 2.24) is 5.43 Å². The van der Waals surface area contributed by atoms with E-state index in [1.165, 1.54) is 6.20 Å². The number of hydrazine groups is 1. The molecule has 122 valence electrons. The number of rotatable bonds is 4. The Bertz CT molecular complexity index is 520. The zero-order valence-electron chi connectivity index (χ0n) is 11.8. The van der Waals surface area contributed by atoms with E-state index in [9.17, 15) is 20.4 Å². The lowest BCUT2D eigenvalue weighted by molar-refractivity contribution is -0.231. The predicted molar refractivity (Wildman–Crippen MR) is 78.6 cm³/mol. The second-order valence-electron chi connectivity index (χ2n) is 5.14. The van der Waals surface area contributed by atoms with Crippen molar-refractivity contribution in [2.75, 3.05) is 6.61 Å². The summed E-state index contributed by atoms with van der Waals surface area (Å²) in [6.07, 6.45) is -4.44. The first-order valence-corrected chi connectivity index (χ1v) is 6.82. The molecule has 0 aromatic heterocycles. The molecule has 2 rings (SSSR count). The van der Waals surface area contributed by atoms with Crippen LogP contribution in [0.15, 0.2) is 30.5 Å². The molecule has 1 heterocycles. The van der Waals surface area contributed by atoms with Crippen LogP contribution < -0.4 is 17.0 Å². The highest BCUT2D eigenvalue weighted by molar-refractivity contribution is 5.62. The van der Waals surface area contributed by atoms with Crippen molar-refractivity contribution in [3.63, 3.8) is 0 Å². The second-order valence-corrected chi connectivity index (χ2v) is 5.14. The van der Waals surface area contributed by atoms with Crippen LogP contribution in [-0.2, 0) is 4.74 Å². The number of aliphatic hydroxyl groups is 4. The topological polar surface area (TPSA) is 154 Å². The summed E-state index contributed by atoms with van der Waals surface area (Å²) in [6.45, 7) is -0.461. The van der Waals surface area contributed by atoms with Gasteiger partial charge in [-0.1, -0.05) is 24.3 Å². The minimum absolute atomic E-state index is 0.433. The molecule has 8 nitrogen and oxygen atoms in total. The molecule has 1 fully saturated rings. The van der Waals surface area contributed by atoms with Gasteiger partial charge in [0.1, 0.15) is 30.5 Å². The standard InChI is InChI=1S/C14H21N3O5/c15-9(5-17-16)7-1-3-8(4-2-7)14-13(21)12(20)11(19)10(6-18)22-14/h1-5,10-14,17-21H,6,15-16H2/b9-5-/t10?,11-,12?,13?,14-/m1/s1. The first-order chi connectivity index (χ1) is 10.5. The molecule has 1 aliphatic rings. The Kier molecular flexibility index (Phi) is 5.35. The Hall–Kier alpha value is -1.68. The van der Waals surface area contributed by atoms with Crippen molar-refractivity contribution in [2.45, 2.75) is 30.5 Å². The van der Waals surface area contributed by atoms with Gasteiger partial charge in [-0.05, 0) is 11.1 Å². The maximum atomic E-state index is 10.1. The van der Waals surface area contributed by atoms with E-state index >= 15 is 0 Å². The lowest BCUT2D eigenvalue weighted by Crippen LogP contribution is -2.55. The highest BCUT2D eigenvalue weighted by Crippen LogP contribution is 2.32. The highest BCUT2D eigenvalue weighted by Gasteiger charge is 2.43. The molecule has 0 saturated carbocycles. The van der Waals surface area contributed by atoms with E-state index < -0.39 is 37.1 Å². The lowest BCUT2D eigenvalue weighted by atomic mass is 9.91. The molecule has 9 N–H and O–H groups in total. The van der Waals surface area contributed by atoms with E-state index in [0.29, 0.717) is 16.8 Å². The molecular weight excluding hydrogens is 290 g/mol. The van der Waals surface area contributed by atoms with Crippen LogP contribution in [0.25, 0.3) is 5.70 Å². The number of nitrogens with one attached hydrogen (secondary N) is 1. The Balaban J connectivity index is 2.21. The van der Waals surface area contributed by atoms with Gasteiger partial charge in [-0.25, -0.2) is 0 Å². The molecule has 22 heavy (non-hydrogen) atoms. The molecule has 3 unspecified atom stereocenters. The first kappa shape index (κ1) is 16.7. The summed E-state index contributed by atoms with van der Waals surface area (Å²) in [6, 6.07) is 6.78. The van der Waals surface area contributed by atoms with Crippen molar-refractivity contribution in [2.24, 2.45) is 11.6 Å². The molecule has 1 saturated heterocycles. The van der Waals surface area contributed by atoms with Gasteiger partial charge in [0.05, 0.1) is 12.3 Å². The van der Waals surface area contributed by atoms with E-state index in [2.05, 4.69) is 5.43 Å². The van der Waals surface area contributed by atoms with Crippen molar-refractivity contribution in [3.8, 4) is 0 Å². The van der Waals surface area contributed by atoms with Crippen LogP contribution in [0.3, 0.4) is 0 Å². The van der Waals surface area contributed by atoms with Gasteiger partial charge in [0.15, 0.2) is 0 Å². The largest absolute Gasteiger partial charge is 0.397 e. The summed E-state index contributed by atoms with van der Waals surface area (Å²) in [5.74, 6) is 5.16. The average molecular weight is 311 g/mol. The van der Waals surface area contributed by atoms with Gasteiger partial charge in [-0.15, -0.1) is 0 Å². The van der Waals surface area contributed by atoms with Crippen LogP contribution >= 0.6 is 0 Å². The second kappa shape index (κ2) is 7.05. The third-order valence-electron chi connectivity index (χ3n) is 3.70. The molecule has 1 aliphatic heterocycles. The zero-order chi connectivity index (χ0) is 16.3. The third kappa shape index (κ3) is 3.22. The number of hydrogen-bond acceptors (Lipinski definition) is 8. The molecule has 0 bridgehead atoms. The van der Waals surface area contributed by atoms with E-state index in [-0.39, 0.29) is 0 Å². The van der Waals surface area contributed by atoms with Crippen LogP contribution in [0.2, 0.25) is 0 Å². The van der Waals surface area contributed by atoms with Gasteiger partial charge >= 0.3 is 0 Å². The number of ether oxygens (including phenoxy) is 1. The predicted octanol–water partition coefficient (Wildman–Crippen LogP) is -2.08.